The van der Waals surface area contributed by atoms with Crippen LogP contribution in [0.4, 0.5) is 5.69 Å². The minimum absolute atomic E-state index is 0.576. The fraction of sp³-hybridized carbons (Fsp3) is 0.467. The Kier molecular flexibility index (Phi) is 5.52. The summed E-state index contributed by atoms with van der Waals surface area (Å²) in [5, 5.41) is 13.1. The van der Waals surface area contributed by atoms with Crippen LogP contribution in [0, 0.1) is 5.92 Å². The Hall–Kier alpha value is -1.66. The number of ether oxygens (including phenoxy) is 1. The summed E-state index contributed by atoms with van der Waals surface area (Å²) in [6, 6.07) is 7.91. The molecule has 5 nitrogen and oxygen atoms in total. The van der Waals surface area contributed by atoms with Gasteiger partial charge in [0.25, 0.3) is 5.19 Å². The van der Waals surface area contributed by atoms with Gasteiger partial charge in [0, 0.05) is 32.4 Å². The van der Waals surface area contributed by atoms with Crippen LogP contribution in [0.25, 0.3) is 0 Å². The number of hydrogen-bond donors (Lipinski definition) is 1. The van der Waals surface area contributed by atoms with Crippen molar-refractivity contribution in [3.63, 3.8) is 0 Å². The fourth-order valence-corrected chi connectivity index (χ4v) is 2.42. The number of aromatic nitrogens is 2. The van der Waals surface area contributed by atoms with Crippen LogP contribution in [0.15, 0.2) is 24.3 Å². The average Bonchev–Trinajstić information content (AvgIpc) is 2.86. The zero-order chi connectivity index (χ0) is 15.2. The second kappa shape index (κ2) is 7.38. The van der Waals surface area contributed by atoms with E-state index in [1.807, 2.05) is 43.3 Å². The number of hydrogen-bond acceptors (Lipinski definition) is 6. The zero-order valence-corrected chi connectivity index (χ0v) is 13.8. The highest BCUT2D eigenvalue weighted by Gasteiger charge is 2.07. The third kappa shape index (κ3) is 4.99. The molecule has 0 aliphatic heterocycles. The Bertz CT molecular complexity index is 568. The van der Waals surface area contributed by atoms with Crippen LogP contribution >= 0.6 is 11.3 Å². The SMILES string of the molecule is CC(C)CNCc1nnc(Oc2cccc(N(C)C)c2)s1. The number of nitrogens with one attached hydrogen (secondary N) is 1. The van der Waals surface area contributed by atoms with Crippen LogP contribution < -0.4 is 15.0 Å². The summed E-state index contributed by atoms with van der Waals surface area (Å²) in [5.74, 6) is 1.40. The van der Waals surface area contributed by atoms with Gasteiger partial charge in [-0.2, -0.15) is 0 Å². The molecule has 0 atom stereocenters. The van der Waals surface area contributed by atoms with Gasteiger partial charge in [0.1, 0.15) is 10.8 Å². The molecule has 2 rings (SSSR count). The van der Waals surface area contributed by atoms with E-state index in [0.29, 0.717) is 11.1 Å². The monoisotopic (exact) mass is 306 g/mol. The highest BCUT2D eigenvalue weighted by molar-refractivity contribution is 7.13. The molecule has 0 bridgehead atoms. The van der Waals surface area contributed by atoms with Crippen molar-refractivity contribution < 1.29 is 4.74 Å². The predicted octanol–water partition coefficient (Wildman–Crippen LogP) is 3.14. The van der Waals surface area contributed by atoms with Crippen molar-refractivity contribution in [2.45, 2.75) is 20.4 Å². The van der Waals surface area contributed by atoms with E-state index in [0.717, 1.165) is 29.5 Å². The van der Waals surface area contributed by atoms with Gasteiger partial charge < -0.3 is 15.0 Å². The Morgan fingerprint density at radius 2 is 2.10 bits per heavy atom. The van der Waals surface area contributed by atoms with Crippen molar-refractivity contribution in [1.82, 2.24) is 15.5 Å². The molecule has 1 heterocycles. The molecule has 0 fully saturated rings. The predicted molar refractivity (Wildman–Crippen MR) is 87.3 cm³/mol. The van der Waals surface area contributed by atoms with E-state index in [1.54, 1.807) is 0 Å². The van der Waals surface area contributed by atoms with Gasteiger partial charge in [0.05, 0.1) is 0 Å². The number of rotatable bonds is 7. The van der Waals surface area contributed by atoms with E-state index in [1.165, 1.54) is 11.3 Å². The van der Waals surface area contributed by atoms with Crippen LogP contribution in [0.1, 0.15) is 18.9 Å². The van der Waals surface area contributed by atoms with Crippen molar-refractivity contribution in [2.24, 2.45) is 5.92 Å². The van der Waals surface area contributed by atoms with Crippen LogP contribution in [0.2, 0.25) is 0 Å². The Balaban J connectivity index is 1.94. The molecule has 114 valence electrons. The lowest BCUT2D eigenvalue weighted by molar-refractivity contribution is 0.473. The van der Waals surface area contributed by atoms with Crippen molar-refractivity contribution in [3.05, 3.63) is 29.3 Å². The summed E-state index contributed by atoms with van der Waals surface area (Å²) < 4.78 is 5.77. The maximum absolute atomic E-state index is 5.77. The molecule has 0 aliphatic carbocycles. The maximum Gasteiger partial charge on any atom is 0.299 e. The van der Waals surface area contributed by atoms with E-state index in [2.05, 4.69) is 29.4 Å². The fourth-order valence-electron chi connectivity index (χ4n) is 1.74. The molecule has 1 aromatic heterocycles. The van der Waals surface area contributed by atoms with Crippen LogP contribution in [-0.4, -0.2) is 30.8 Å². The lowest BCUT2D eigenvalue weighted by atomic mass is 10.2. The molecule has 21 heavy (non-hydrogen) atoms. The zero-order valence-electron chi connectivity index (χ0n) is 13.0. The Morgan fingerprint density at radius 3 is 2.81 bits per heavy atom. The molecular formula is C15H22N4OS. The molecule has 0 saturated heterocycles. The van der Waals surface area contributed by atoms with Gasteiger partial charge in [-0.05, 0) is 24.6 Å². The van der Waals surface area contributed by atoms with Gasteiger partial charge in [-0.1, -0.05) is 36.3 Å². The minimum atomic E-state index is 0.576. The van der Waals surface area contributed by atoms with E-state index < -0.39 is 0 Å². The first-order valence-electron chi connectivity index (χ1n) is 7.03. The smallest absolute Gasteiger partial charge is 0.299 e. The number of anilines is 1. The van der Waals surface area contributed by atoms with Crippen molar-refractivity contribution in [1.29, 1.82) is 0 Å². The molecule has 0 amide bonds. The van der Waals surface area contributed by atoms with Gasteiger partial charge >= 0.3 is 0 Å². The molecular weight excluding hydrogens is 284 g/mol. The molecule has 2 aromatic rings. The Labute approximate surface area is 130 Å². The third-order valence-corrected chi connectivity index (χ3v) is 3.62. The molecule has 1 aromatic carbocycles. The lowest BCUT2D eigenvalue weighted by Crippen LogP contribution is -2.18. The van der Waals surface area contributed by atoms with Crippen LogP contribution in [-0.2, 0) is 6.54 Å². The second-order valence-corrected chi connectivity index (χ2v) is 6.50. The van der Waals surface area contributed by atoms with Crippen molar-refractivity contribution >= 4 is 17.0 Å². The summed E-state index contributed by atoms with van der Waals surface area (Å²) in [6.45, 7) is 6.07. The number of benzene rings is 1. The maximum atomic E-state index is 5.77. The highest BCUT2D eigenvalue weighted by Crippen LogP contribution is 2.27. The molecule has 0 unspecified atom stereocenters. The van der Waals surface area contributed by atoms with Gasteiger partial charge in [0.15, 0.2) is 0 Å². The topological polar surface area (TPSA) is 50.3 Å². The first-order valence-corrected chi connectivity index (χ1v) is 7.84. The molecule has 0 radical (unpaired) electrons. The molecule has 0 spiro atoms. The highest BCUT2D eigenvalue weighted by atomic mass is 32.1. The Morgan fingerprint density at radius 1 is 1.29 bits per heavy atom. The van der Waals surface area contributed by atoms with E-state index in [-0.39, 0.29) is 0 Å². The van der Waals surface area contributed by atoms with Crippen LogP contribution in [0.3, 0.4) is 0 Å². The quantitative estimate of drug-likeness (QED) is 0.851. The number of nitrogens with zero attached hydrogens (tertiary/aromatic N) is 3. The largest absolute Gasteiger partial charge is 0.430 e. The molecule has 0 aliphatic rings. The normalized spacial score (nSPS) is 10.9. The van der Waals surface area contributed by atoms with Gasteiger partial charge in [0.2, 0.25) is 0 Å². The standard InChI is InChI=1S/C15H22N4OS/c1-11(2)9-16-10-14-17-18-15(21-14)20-13-7-5-6-12(8-13)19(3)4/h5-8,11,16H,9-10H2,1-4H3. The first kappa shape index (κ1) is 15.7. The van der Waals surface area contributed by atoms with E-state index in [9.17, 15) is 0 Å². The molecule has 0 saturated carbocycles. The van der Waals surface area contributed by atoms with Crippen molar-refractivity contribution in [2.75, 3.05) is 25.5 Å². The summed E-state index contributed by atoms with van der Waals surface area (Å²) in [7, 11) is 4.01. The average molecular weight is 306 g/mol. The summed E-state index contributed by atoms with van der Waals surface area (Å²) in [6.07, 6.45) is 0. The van der Waals surface area contributed by atoms with Crippen molar-refractivity contribution in [3.8, 4) is 10.9 Å². The van der Waals surface area contributed by atoms with E-state index >= 15 is 0 Å². The third-order valence-electron chi connectivity index (χ3n) is 2.82. The summed E-state index contributed by atoms with van der Waals surface area (Å²) in [5.41, 5.74) is 1.09. The summed E-state index contributed by atoms with van der Waals surface area (Å²) >= 11 is 1.47. The molecule has 6 heteroatoms. The minimum Gasteiger partial charge on any atom is -0.430 e. The second-order valence-electron chi connectivity index (χ2n) is 5.48. The van der Waals surface area contributed by atoms with Crippen LogP contribution in [0.5, 0.6) is 10.9 Å². The van der Waals surface area contributed by atoms with Gasteiger partial charge in [-0.3, -0.25) is 0 Å². The lowest BCUT2D eigenvalue weighted by Gasteiger charge is -2.12. The first-order chi connectivity index (χ1) is 10.0. The van der Waals surface area contributed by atoms with Gasteiger partial charge in [-0.15, -0.1) is 5.10 Å². The molecule has 1 N–H and O–H groups in total. The van der Waals surface area contributed by atoms with Gasteiger partial charge in [-0.25, -0.2) is 0 Å². The van der Waals surface area contributed by atoms with E-state index in [4.69, 9.17) is 4.74 Å². The summed E-state index contributed by atoms with van der Waals surface area (Å²) in [4.78, 5) is 2.04.